The Kier molecular flexibility index (Phi) is 3.55. The summed E-state index contributed by atoms with van der Waals surface area (Å²) < 4.78 is 13.6. The third-order valence-electron chi connectivity index (χ3n) is 3.74. The molecule has 1 heterocycles. The van der Waals surface area contributed by atoms with Gasteiger partial charge in [0.05, 0.1) is 0 Å². The summed E-state index contributed by atoms with van der Waals surface area (Å²) in [6.45, 7) is 0.879. The Labute approximate surface area is 111 Å². The number of hydrogen-bond donors (Lipinski definition) is 2. The van der Waals surface area contributed by atoms with Crippen molar-refractivity contribution in [2.75, 3.05) is 6.54 Å². The Morgan fingerprint density at radius 1 is 1.32 bits per heavy atom. The highest BCUT2D eigenvalue weighted by Gasteiger charge is 2.31. The molecule has 0 atom stereocenters. The molecular weight excluding hydrogens is 243 g/mol. The van der Waals surface area contributed by atoms with Gasteiger partial charge in [-0.3, -0.25) is 5.10 Å². The van der Waals surface area contributed by atoms with Gasteiger partial charge in [-0.05, 0) is 30.4 Å². The number of hydrogen-bond acceptors (Lipinski definition) is 3. The van der Waals surface area contributed by atoms with Crippen LogP contribution in [0.5, 0.6) is 0 Å². The van der Waals surface area contributed by atoms with Crippen molar-refractivity contribution >= 4 is 0 Å². The molecule has 2 aromatic rings. The Morgan fingerprint density at radius 2 is 2.16 bits per heavy atom. The van der Waals surface area contributed by atoms with E-state index in [-0.39, 0.29) is 5.82 Å². The standard InChI is InChI=1S/C14H17FN4/c15-13-4-2-1-3-12(13)10-7-11(8-10)16-6-5-14-17-9-18-19-14/h1-4,9-11,16H,5-8H2,(H,17,18,19). The summed E-state index contributed by atoms with van der Waals surface area (Å²) in [5, 5.41) is 10.1. The van der Waals surface area contributed by atoms with Gasteiger partial charge in [-0.15, -0.1) is 0 Å². The summed E-state index contributed by atoms with van der Waals surface area (Å²) in [6, 6.07) is 7.57. The van der Waals surface area contributed by atoms with Crippen LogP contribution < -0.4 is 5.32 Å². The molecule has 5 heteroatoms. The largest absolute Gasteiger partial charge is 0.313 e. The fourth-order valence-corrected chi connectivity index (χ4v) is 2.59. The number of benzene rings is 1. The molecule has 19 heavy (non-hydrogen) atoms. The van der Waals surface area contributed by atoms with Crippen LogP contribution in [0.25, 0.3) is 0 Å². The highest BCUT2D eigenvalue weighted by atomic mass is 19.1. The van der Waals surface area contributed by atoms with Crippen LogP contribution in [0.3, 0.4) is 0 Å². The molecule has 2 N–H and O–H groups in total. The lowest BCUT2D eigenvalue weighted by Gasteiger charge is -2.36. The van der Waals surface area contributed by atoms with Crippen LogP contribution in [0.15, 0.2) is 30.6 Å². The van der Waals surface area contributed by atoms with Crippen molar-refractivity contribution in [2.24, 2.45) is 0 Å². The van der Waals surface area contributed by atoms with Gasteiger partial charge < -0.3 is 5.32 Å². The van der Waals surface area contributed by atoms with Crippen molar-refractivity contribution in [1.29, 1.82) is 0 Å². The van der Waals surface area contributed by atoms with Gasteiger partial charge in [0.2, 0.25) is 0 Å². The lowest BCUT2D eigenvalue weighted by Crippen LogP contribution is -2.41. The minimum atomic E-state index is -0.0763. The lowest BCUT2D eigenvalue weighted by molar-refractivity contribution is 0.286. The van der Waals surface area contributed by atoms with Crippen molar-refractivity contribution < 1.29 is 4.39 Å². The van der Waals surface area contributed by atoms with Crippen molar-refractivity contribution in [2.45, 2.75) is 31.2 Å². The van der Waals surface area contributed by atoms with Gasteiger partial charge in [-0.2, -0.15) is 5.10 Å². The smallest absolute Gasteiger partial charge is 0.137 e. The zero-order valence-electron chi connectivity index (χ0n) is 10.6. The molecule has 100 valence electrons. The maximum absolute atomic E-state index is 13.6. The third-order valence-corrected chi connectivity index (χ3v) is 3.74. The maximum Gasteiger partial charge on any atom is 0.137 e. The van der Waals surface area contributed by atoms with Crippen LogP contribution in [0.4, 0.5) is 4.39 Å². The van der Waals surface area contributed by atoms with Crippen LogP contribution in [0.2, 0.25) is 0 Å². The quantitative estimate of drug-likeness (QED) is 0.864. The van der Waals surface area contributed by atoms with E-state index < -0.39 is 0 Å². The Bertz CT molecular complexity index is 520. The molecule has 0 bridgehead atoms. The first-order valence-electron chi connectivity index (χ1n) is 6.65. The van der Waals surface area contributed by atoms with Crippen LogP contribution in [-0.2, 0) is 6.42 Å². The molecule has 0 saturated heterocycles. The second-order valence-corrected chi connectivity index (χ2v) is 5.02. The summed E-state index contributed by atoms with van der Waals surface area (Å²) in [5.41, 5.74) is 0.857. The maximum atomic E-state index is 13.6. The summed E-state index contributed by atoms with van der Waals surface area (Å²) in [6.07, 6.45) is 4.39. The van der Waals surface area contributed by atoms with Crippen LogP contribution in [-0.4, -0.2) is 27.8 Å². The van der Waals surface area contributed by atoms with Gasteiger partial charge in [0.25, 0.3) is 0 Å². The second kappa shape index (κ2) is 5.48. The first-order chi connectivity index (χ1) is 9.33. The Hall–Kier alpha value is -1.75. The summed E-state index contributed by atoms with van der Waals surface area (Å²) in [4.78, 5) is 4.07. The molecule has 1 aromatic heterocycles. The third kappa shape index (κ3) is 2.81. The van der Waals surface area contributed by atoms with Gasteiger partial charge in [0.15, 0.2) is 0 Å². The highest BCUT2D eigenvalue weighted by Crippen LogP contribution is 2.37. The Morgan fingerprint density at radius 3 is 2.89 bits per heavy atom. The molecule has 0 spiro atoms. The van der Waals surface area contributed by atoms with Gasteiger partial charge >= 0.3 is 0 Å². The van der Waals surface area contributed by atoms with E-state index in [2.05, 4.69) is 20.5 Å². The molecule has 1 aliphatic carbocycles. The van der Waals surface area contributed by atoms with Crippen molar-refractivity contribution in [3.63, 3.8) is 0 Å². The first-order valence-corrected chi connectivity index (χ1v) is 6.65. The fraction of sp³-hybridized carbons (Fsp3) is 0.429. The fourth-order valence-electron chi connectivity index (χ4n) is 2.59. The lowest BCUT2D eigenvalue weighted by atomic mass is 9.75. The molecule has 0 radical (unpaired) electrons. The van der Waals surface area contributed by atoms with Crippen molar-refractivity contribution in [1.82, 2.24) is 20.5 Å². The minimum absolute atomic E-state index is 0.0763. The SMILES string of the molecule is Fc1ccccc1C1CC(NCCc2ncn[nH]2)C1. The summed E-state index contributed by atoms with van der Waals surface area (Å²) in [7, 11) is 0. The van der Waals surface area contributed by atoms with Gasteiger partial charge in [0.1, 0.15) is 18.0 Å². The molecule has 0 unspecified atom stereocenters. The summed E-state index contributed by atoms with van der Waals surface area (Å²) in [5.74, 6) is 1.19. The topological polar surface area (TPSA) is 53.6 Å². The van der Waals surface area contributed by atoms with Gasteiger partial charge in [-0.25, -0.2) is 9.37 Å². The average molecular weight is 260 g/mol. The normalized spacial score (nSPS) is 22.2. The van der Waals surface area contributed by atoms with E-state index in [1.54, 1.807) is 12.1 Å². The molecule has 0 amide bonds. The summed E-state index contributed by atoms with van der Waals surface area (Å²) >= 11 is 0. The Balaban J connectivity index is 1.42. The predicted octanol–water partition coefficient (Wildman–Crippen LogP) is 2.02. The molecule has 1 saturated carbocycles. The van der Waals surface area contributed by atoms with Crippen molar-refractivity contribution in [3.8, 4) is 0 Å². The monoisotopic (exact) mass is 260 g/mol. The number of aromatic amines is 1. The molecular formula is C14H17FN4. The molecule has 4 nitrogen and oxygen atoms in total. The van der Waals surface area contributed by atoms with Crippen molar-refractivity contribution in [3.05, 3.63) is 47.8 Å². The van der Waals surface area contributed by atoms with Crippen LogP contribution >= 0.6 is 0 Å². The van der Waals surface area contributed by atoms with Gasteiger partial charge in [0, 0.05) is 19.0 Å². The number of nitrogens with one attached hydrogen (secondary N) is 2. The number of aromatic nitrogens is 3. The van der Waals surface area contributed by atoms with Crippen LogP contribution in [0, 0.1) is 5.82 Å². The molecule has 1 aromatic carbocycles. The first kappa shape index (κ1) is 12.3. The van der Waals surface area contributed by atoms with E-state index in [0.29, 0.717) is 12.0 Å². The van der Waals surface area contributed by atoms with Crippen LogP contribution in [0.1, 0.15) is 30.1 Å². The zero-order chi connectivity index (χ0) is 13.1. The minimum Gasteiger partial charge on any atom is -0.313 e. The van der Waals surface area contributed by atoms with E-state index in [1.807, 2.05) is 12.1 Å². The molecule has 3 rings (SSSR count). The molecule has 1 fully saturated rings. The predicted molar refractivity (Wildman–Crippen MR) is 70.3 cm³/mol. The number of nitrogens with zero attached hydrogens (tertiary/aromatic N) is 2. The van der Waals surface area contributed by atoms with E-state index in [9.17, 15) is 4.39 Å². The van der Waals surface area contributed by atoms with E-state index in [4.69, 9.17) is 0 Å². The van der Waals surface area contributed by atoms with E-state index >= 15 is 0 Å². The number of halogens is 1. The molecule has 1 aliphatic rings. The highest BCUT2D eigenvalue weighted by molar-refractivity contribution is 5.24. The number of H-pyrrole nitrogens is 1. The second-order valence-electron chi connectivity index (χ2n) is 5.02. The average Bonchev–Trinajstić information content (AvgIpc) is 2.87. The van der Waals surface area contributed by atoms with E-state index in [0.717, 1.165) is 37.2 Å². The molecule has 0 aliphatic heterocycles. The number of rotatable bonds is 5. The zero-order valence-corrected chi connectivity index (χ0v) is 10.6. The van der Waals surface area contributed by atoms with E-state index in [1.165, 1.54) is 6.33 Å². The van der Waals surface area contributed by atoms with Gasteiger partial charge in [-0.1, -0.05) is 18.2 Å².